The number of halogens is 2. The molecule has 0 saturated carbocycles. The Morgan fingerprint density at radius 3 is 0.714 bits per heavy atom. The summed E-state index contributed by atoms with van der Waals surface area (Å²) in [5.41, 5.74) is 0. The molecule has 0 aromatic rings. The predicted molar refractivity (Wildman–Crippen MR) is 26.2 cm³/mol. The molecular weight excluding hydrogens is 183 g/mol. The number of hydrogen-bond donors (Lipinski definition) is 0. The van der Waals surface area contributed by atoms with Crippen LogP contribution in [0, 0.1) is 0 Å². The zero-order chi connectivity index (χ0) is 2.71. The van der Waals surface area contributed by atoms with Gasteiger partial charge in [-0.15, -0.1) is 0 Å². The predicted octanol–water partition coefficient (Wildman–Crippen LogP) is -1.92. The third kappa shape index (κ3) is 146. The van der Waals surface area contributed by atoms with E-state index in [0.29, 0.717) is 0 Å². The van der Waals surface area contributed by atoms with Crippen molar-refractivity contribution < 1.29 is 38.9 Å². The van der Waals surface area contributed by atoms with Crippen molar-refractivity contribution in [2.24, 2.45) is 0 Å². The van der Waals surface area contributed by atoms with Crippen molar-refractivity contribution in [3.8, 4) is 0 Å². The minimum atomic E-state index is -0.556. The summed E-state index contributed by atoms with van der Waals surface area (Å²) in [6, 6.07) is 0. The Bertz CT molecular complexity index is 9.65. The molecule has 0 atom stereocenters. The van der Waals surface area contributed by atoms with Crippen molar-refractivity contribution >= 4 is 18.6 Å². The SMILES string of the molecule is O.O.O.O.[Cl][Ti][Cl]. The van der Waals surface area contributed by atoms with Gasteiger partial charge in [-0.3, -0.25) is 0 Å². The van der Waals surface area contributed by atoms with Gasteiger partial charge in [0.25, 0.3) is 0 Å². The Hall–Kier alpha value is 1.13. The van der Waals surface area contributed by atoms with Crippen LogP contribution in [0.25, 0.3) is 0 Å². The Labute approximate surface area is 57.7 Å². The molecule has 0 heterocycles. The summed E-state index contributed by atoms with van der Waals surface area (Å²) < 4.78 is 0. The summed E-state index contributed by atoms with van der Waals surface area (Å²) in [4.78, 5) is 0. The van der Waals surface area contributed by atoms with Gasteiger partial charge in [-0.1, -0.05) is 0 Å². The second kappa shape index (κ2) is 58.9. The fourth-order valence-electron chi connectivity index (χ4n) is 0. The van der Waals surface area contributed by atoms with Crippen LogP contribution in [0.2, 0.25) is 0 Å². The minimum absolute atomic E-state index is 0. The first-order valence-corrected chi connectivity index (χ1v) is 4.68. The molecule has 0 aromatic carbocycles. The third-order valence-corrected chi connectivity index (χ3v) is 0. The van der Waals surface area contributed by atoms with E-state index in [-0.39, 0.29) is 21.9 Å². The van der Waals surface area contributed by atoms with Crippen LogP contribution in [0.15, 0.2) is 0 Å². The fourth-order valence-corrected chi connectivity index (χ4v) is 0. The van der Waals surface area contributed by atoms with Crippen LogP contribution in [0.4, 0.5) is 0 Å². The van der Waals surface area contributed by atoms with Crippen LogP contribution in [0.3, 0.4) is 0 Å². The van der Waals surface area contributed by atoms with Gasteiger partial charge in [0, 0.05) is 0 Å². The molecule has 0 bridgehead atoms. The van der Waals surface area contributed by atoms with Crippen molar-refractivity contribution in [1.82, 2.24) is 0 Å². The number of rotatable bonds is 0. The van der Waals surface area contributed by atoms with Gasteiger partial charge in [0.15, 0.2) is 0 Å². The Kier molecular flexibility index (Phi) is 355. The maximum atomic E-state index is 4.89. The molecule has 0 fully saturated rings. The molecule has 0 aromatic heterocycles. The molecule has 0 spiro atoms. The van der Waals surface area contributed by atoms with E-state index in [1.54, 1.807) is 0 Å². The van der Waals surface area contributed by atoms with Gasteiger partial charge < -0.3 is 21.9 Å². The standard InChI is InChI=1S/2ClH.4H2O.Ti/h2*1H;4*1H2;/q;;;;;;+2/p-2. The van der Waals surface area contributed by atoms with Crippen molar-refractivity contribution in [1.29, 1.82) is 0 Å². The molecular formula is H8Cl2O4Ti. The molecule has 4 nitrogen and oxygen atoms in total. The van der Waals surface area contributed by atoms with E-state index in [1.165, 1.54) is 0 Å². The van der Waals surface area contributed by atoms with Crippen molar-refractivity contribution in [3.63, 3.8) is 0 Å². The maximum absolute atomic E-state index is 4.89. The molecule has 0 aliphatic heterocycles. The van der Waals surface area contributed by atoms with Crippen LogP contribution in [0.5, 0.6) is 0 Å². The normalized spacial score (nSPS) is 2.00. The molecule has 0 radical (unpaired) electrons. The molecule has 8 N–H and O–H groups in total. The summed E-state index contributed by atoms with van der Waals surface area (Å²) >= 11 is -0.556. The van der Waals surface area contributed by atoms with E-state index < -0.39 is 17.0 Å². The molecule has 0 aliphatic rings. The second-order valence-electron chi connectivity index (χ2n) is 0.0714. The Morgan fingerprint density at radius 1 is 0.714 bits per heavy atom. The van der Waals surface area contributed by atoms with Gasteiger partial charge in [0.1, 0.15) is 0 Å². The Morgan fingerprint density at radius 2 is 0.714 bits per heavy atom. The van der Waals surface area contributed by atoms with Crippen LogP contribution < -0.4 is 0 Å². The van der Waals surface area contributed by atoms with E-state index in [9.17, 15) is 0 Å². The first-order chi connectivity index (χ1) is 1.41. The van der Waals surface area contributed by atoms with Crippen LogP contribution >= 0.6 is 18.6 Å². The van der Waals surface area contributed by atoms with Crippen LogP contribution in [0.1, 0.15) is 0 Å². The summed E-state index contributed by atoms with van der Waals surface area (Å²) in [7, 11) is 9.78. The average molecular weight is 191 g/mol. The molecule has 0 aliphatic carbocycles. The fraction of sp³-hybridized carbons (Fsp3) is 0. The van der Waals surface area contributed by atoms with Gasteiger partial charge >= 0.3 is 35.6 Å². The quantitative estimate of drug-likeness (QED) is 0.395. The molecule has 0 saturated heterocycles. The molecule has 50 valence electrons. The van der Waals surface area contributed by atoms with E-state index in [2.05, 4.69) is 0 Å². The second-order valence-corrected chi connectivity index (χ2v) is 2.65. The van der Waals surface area contributed by atoms with Crippen LogP contribution in [-0.2, 0) is 17.0 Å². The van der Waals surface area contributed by atoms with E-state index in [1.807, 2.05) is 0 Å². The first kappa shape index (κ1) is 42.1. The zero-order valence-corrected chi connectivity index (χ0v) is 6.33. The van der Waals surface area contributed by atoms with Gasteiger partial charge in [-0.2, -0.15) is 0 Å². The van der Waals surface area contributed by atoms with Gasteiger partial charge in [-0.25, -0.2) is 0 Å². The Balaban J connectivity index is -0.00000000333. The van der Waals surface area contributed by atoms with Crippen LogP contribution in [-0.4, -0.2) is 21.9 Å². The summed E-state index contributed by atoms with van der Waals surface area (Å²) in [6.45, 7) is 0. The van der Waals surface area contributed by atoms with Crippen molar-refractivity contribution in [2.75, 3.05) is 0 Å². The summed E-state index contributed by atoms with van der Waals surface area (Å²) in [5, 5.41) is 0. The number of hydrogen-bond acceptors (Lipinski definition) is 0. The monoisotopic (exact) mass is 190 g/mol. The average Bonchev–Trinajstić information content (AvgIpc) is 0.918. The first-order valence-electron chi connectivity index (χ1n) is 0.378. The van der Waals surface area contributed by atoms with Gasteiger partial charge in [-0.05, 0) is 0 Å². The molecule has 7 heteroatoms. The zero-order valence-electron chi connectivity index (χ0n) is 3.26. The third-order valence-electron chi connectivity index (χ3n) is 0. The van der Waals surface area contributed by atoms with Gasteiger partial charge in [0.05, 0.1) is 0 Å². The van der Waals surface area contributed by atoms with E-state index in [4.69, 9.17) is 18.6 Å². The van der Waals surface area contributed by atoms with E-state index in [0.717, 1.165) is 0 Å². The molecule has 0 amide bonds. The van der Waals surface area contributed by atoms with Gasteiger partial charge in [0.2, 0.25) is 0 Å². The molecule has 0 rings (SSSR count). The summed E-state index contributed by atoms with van der Waals surface area (Å²) in [6.07, 6.45) is 0. The molecule has 7 heavy (non-hydrogen) atoms. The molecule has 0 unspecified atom stereocenters. The summed E-state index contributed by atoms with van der Waals surface area (Å²) in [5.74, 6) is 0. The van der Waals surface area contributed by atoms with E-state index >= 15 is 0 Å². The van der Waals surface area contributed by atoms with Crippen molar-refractivity contribution in [3.05, 3.63) is 0 Å². The topological polar surface area (TPSA) is 126 Å². The van der Waals surface area contributed by atoms with Crippen molar-refractivity contribution in [2.45, 2.75) is 0 Å².